The highest BCUT2D eigenvalue weighted by Gasteiger charge is 2.16. The zero-order valence-electron chi connectivity index (χ0n) is 26.0. The highest BCUT2D eigenvalue weighted by molar-refractivity contribution is 5.66. The smallest absolute Gasteiger partial charge is 0.320 e. The number of aliphatic hydroxyl groups excluding tert-OH is 1. The highest BCUT2D eigenvalue weighted by atomic mass is 16.5. The number of aliphatic hydroxyl groups is 1. The number of aryl methyl sites for hydroxylation is 4. The van der Waals surface area contributed by atoms with Crippen LogP contribution in [-0.2, 0) is 4.74 Å². The van der Waals surface area contributed by atoms with Crippen molar-refractivity contribution in [3.63, 3.8) is 0 Å². The van der Waals surface area contributed by atoms with Gasteiger partial charge in [0.05, 0.1) is 6.61 Å². The molecule has 41 heavy (non-hydrogen) atoms. The van der Waals surface area contributed by atoms with E-state index in [1.165, 1.54) is 75.3 Å². The van der Waals surface area contributed by atoms with E-state index in [1.807, 2.05) is 12.1 Å². The molecule has 1 N–H and O–H groups in total. The van der Waals surface area contributed by atoms with Gasteiger partial charge in [0.1, 0.15) is 12.7 Å². The number of unbranched alkanes of at least 4 members (excludes halogenated alkanes) is 10. The molecule has 1 heterocycles. The Bertz CT molecular complexity index is 1130. The van der Waals surface area contributed by atoms with Gasteiger partial charge >= 0.3 is 6.01 Å². The molecule has 0 aliphatic carbocycles. The molecule has 0 saturated heterocycles. The van der Waals surface area contributed by atoms with E-state index >= 15 is 0 Å². The third-order valence-electron chi connectivity index (χ3n) is 7.47. The van der Waals surface area contributed by atoms with E-state index in [0.717, 1.165) is 28.7 Å². The van der Waals surface area contributed by atoms with Crippen LogP contribution in [0.25, 0.3) is 22.8 Å². The van der Waals surface area contributed by atoms with Gasteiger partial charge in [0, 0.05) is 17.7 Å². The predicted octanol–water partition coefficient (Wildman–Crippen LogP) is 8.51. The summed E-state index contributed by atoms with van der Waals surface area (Å²) in [5, 5.41) is 10.5. The van der Waals surface area contributed by atoms with E-state index in [2.05, 4.69) is 68.9 Å². The summed E-state index contributed by atoms with van der Waals surface area (Å²) in [5.74, 6) is 1.12. The molecule has 3 aromatic rings. The molecule has 0 spiro atoms. The third-order valence-corrected chi connectivity index (χ3v) is 7.47. The topological polar surface area (TPSA) is 77.4 Å². The summed E-state index contributed by atoms with van der Waals surface area (Å²) in [6.45, 7) is 11.5. The molecule has 2 aromatic carbocycles. The van der Waals surface area contributed by atoms with Crippen molar-refractivity contribution < 1.29 is 14.6 Å². The Balaban J connectivity index is 1.48. The number of hydrogen-bond acceptors (Lipinski definition) is 6. The van der Waals surface area contributed by atoms with Crippen molar-refractivity contribution in [1.29, 1.82) is 0 Å². The molecule has 0 radical (unpaired) electrons. The summed E-state index contributed by atoms with van der Waals surface area (Å²) in [7, 11) is 0. The molecular weight excluding hydrogens is 510 g/mol. The average Bonchev–Trinajstić information content (AvgIpc) is 2.94. The molecule has 3 rings (SSSR count). The Morgan fingerprint density at radius 3 is 1.61 bits per heavy atom. The number of hydrogen-bond donors (Lipinski definition) is 1. The lowest BCUT2D eigenvalue weighted by Crippen LogP contribution is -2.24. The van der Waals surface area contributed by atoms with Gasteiger partial charge in [-0.25, -0.2) is 4.98 Å². The minimum absolute atomic E-state index is 0.0565. The number of benzene rings is 2. The first-order valence-corrected chi connectivity index (χ1v) is 15.7. The van der Waals surface area contributed by atoms with E-state index in [1.54, 1.807) is 0 Å². The Labute approximate surface area is 248 Å². The molecular formula is C35H51N3O3. The quantitative estimate of drug-likeness (QED) is 0.148. The molecule has 0 bridgehead atoms. The summed E-state index contributed by atoms with van der Waals surface area (Å²) in [4.78, 5) is 14.0. The predicted molar refractivity (Wildman–Crippen MR) is 168 cm³/mol. The second-order valence-electron chi connectivity index (χ2n) is 11.5. The minimum atomic E-state index is -0.756. The SMILES string of the molecule is CCCCCCCCCCCCCOCC(O)COc1nc(-c2ccc(C)cc2C)nc(-c2ccc(C)cc2C)n1. The molecule has 0 amide bonds. The van der Waals surface area contributed by atoms with Gasteiger partial charge in [-0.1, -0.05) is 119 Å². The van der Waals surface area contributed by atoms with Crippen LogP contribution in [0.1, 0.15) is 99.8 Å². The van der Waals surface area contributed by atoms with Crippen LogP contribution in [-0.4, -0.2) is 46.0 Å². The van der Waals surface area contributed by atoms with Crippen molar-refractivity contribution in [2.45, 2.75) is 111 Å². The average molecular weight is 562 g/mol. The zero-order valence-corrected chi connectivity index (χ0v) is 26.0. The molecule has 0 aliphatic heterocycles. The van der Waals surface area contributed by atoms with Gasteiger partial charge in [0.15, 0.2) is 11.6 Å². The van der Waals surface area contributed by atoms with Gasteiger partial charge in [-0.15, -0.1) is 0 Å². The van der Waals surface area contributed by atoms with Crippen molar-refractivity contribution in [2.24, 2.45) is 0 Å². The Morgan fingerprint density at radius 2 is 1.12 bits per heavy atom. The van der Waals surface area contributed by atoms with Gasteiger partial charge < -0.3 is 14.6 Å². The van der Waals surface area contributed by atoms with Gasteiger partial charge in [-0.2, -0.15) is 9.97 Å². The summed E-state index contributed by atoms with van der Waals surface area (Å²) < 4.78 is 11.6. The number of rotatable bonds is 19. The molecule has 1 unspecified atom stereocenters. The van der Waals surface area contributed by atoms with Crippen LogP contribution >= 0.6 is 0 Å². The zero-order chi connectivity index (χ0) is 29.5. The second kappa shape index (κ2) is 17.9. The minimum Gasteiger partial charge on any atom is -0.461 e. The molecule has 0 aliphatic rings. The van der Waals surface area contributed by atoms with E-state index in [-0.39, 0.29) is 19.2 Å². The molecule has 6 nitrogen and oxygen atoms in total. The standard InChI is InChI=1S/C35H51N3O3/c1-6-7-8-9-10-11-12-13-14-15-16-21-40-24-30(39)25-41-35-37-33(31-19-17-26(2)22-28(31)4)36-34(38-35)32-20-18-27(3)23-29(32)5/h17-20,22-23,30,39H,6-16,21,24-25H2,1-5H3. The highest BCUT2D eigenvalue weighted by Crippen LogP contribution is 2.27. The van der Waals surface area contributed by atoms with E-state index in [9.17, 15) is 5.11 Å². The van der Waals surface area contributed by atoms with Crippen molar-refractivity contribution in [3.05, 3.63) is 58.7 Å². The molecule has 224 valence electrons. The number of ether oxygens (including phenoxy) is 2. The molecule has 1 aromatic heterocycles. The summed E-state index contributed by atoms with van der Waals surface area (Å²) in [6.07, 6.45) is 13.6. The van der Waals surface area contributed by atoms with Crippen LogP contribution in [0.3, 0.4) is 0 Å². The second-order valence-corrected chi connectivity index (χ2v) is 11.5. The monoisotopic (exact) mass is 561 g/mol. The maximum Gasteiger partial charge on any atom is 0.320 e. The normalized spacial score (nSPS) is 12.0. The van der Waals surface area contributed by atoms with Crippen molar-refractivity contribution in [2.75, 3.05) is 19.8 Å². The van der Waals surface area contributed by atoms with E-state index < -0.39 is 6.10 Å². The largest absolute Gasteiger partial charge is 0.461 e. The van der Waals surface area contributed by atoms with Crippen molar-refractivity contribution >= 4 is 0 Å². The summed E-state index contributed by atoms with van der Waals surface area (Å²) >= 11 is 0. The lowest BCUT2D eigenvalue weighted by atomic mass is 10.0. The maximum atomic E-state index is 10.5. The molecule has 1 atom stereocenters. The van der Waals surface area contributed by atoms with Gasteiger partial charge in [0.2, 0.25) is 0 Å². The first-order chi connectivity index (χ1) is 19.9. The van der Waals surface area contributed by atoms with Gasteiger partial charge in [0.25, 0.3) is 0 Å². The van der Waals surface area contributed by atoms with Crippen LogP contribution in [0.5, 0.6) is 6.01 Å². The summed E-state index contributed by atoms with van der Waals surface area (Å²) in [6, 6.07) is 12.6. The van der Waals surface area contributed by atoms with Crippen LogP contribution < -0.4 is 4.74 Å². The van der Waals surface area contributed by atoms with Gasteiger partial charge in [-0.05, 0) is 45.2 Å². The Morgan fingerprint density at radius 1 is 0.634 bits per heavy atom. The fraction of sp³-hybridized carbons (Fsp3) is 0.571. The number of aromatic nitrogens is 3. The van der Waals surface area contributed by atoms with Crippen LogP contribution in [0.2, 0.25) is 0 Å². The Hall–Kier alpha value is -2.83. The van der Waals surface area contributed by atoms with Crippen molar-refractivity contribution in [3.8, 4) is 28.8 Å². The van der Waals surface area contributed by atoms with Gasteiger partial charge in [-0.3, -0.25) is 0 Å². The fourth-order valence-corrected chi connectivity index (χ4v) is 5.10. The lowest BCUT2D eigenvalue weighted by molar-refractivity contribution is 0.00914. The van der Waals surface area contributed by atoms with Crippen LogP contribution in [0, 0.1) is 27.7 Å². The molecule has 0 fully saturated rings. The van der Waals surface area contributed by atoms with E-state index in [0.29, 0.717) is 18.3 Å². The van der Waals surface area contributed by atoms with Crippen LogP contribution in [0.4, 0.5) is 0 Å². The summed E-state index contributed by atoms with van der Waals surface area (Å²) in [5.41, 5.74) is 6.41. The van der Waals surface area contributed by atoms with Crippen molar-refractivity contribution in [1.82, 2.24) is 15.0 Å². The molecule has 6 heteroatoms. The Kier molecular flexibility index (Phi) is 14.2. The van der Waals surface area contributed by atoms with E-state index in [4.69, 9.17) is 14.5 Å². The maximum absolute atomic E-state index is 10.5. The fourth-order valence-electron chi connectivity index (χ4n) is 5.10. The first kappa shape index (κ1) is 32.7. The van der Waals surface area contributed by atoms with Crippen LogP contribution in [0.15, 0.2) is 36.4 Å². The first-order valence-electron chi connectivity index (χ1n) is 15.7. The third kappa shape index (κ3) is 11.5. The number of nitrogens with zero attached hydrogens (tertiary/aromatic N) is 3. The molecule has 0 saturated carbocycles. The lowest BCUT2D eigenvalue weighted by Gasteiger charge is -2.14.